The van der Waals surface area contributed by atoms with Crippen molar-refractivity contribution in [3.8, 4) is 0 Å². The smallest absolute Gasteiger partial charge is 0.220 e. The maximum Gasteiger partial charge on any atom is 0.220 e. The lowest BCUT2D eigenvalue weighted by molar-refractivity contribution is -0.302. The topological polar surface area (TPSA) is 149 Å². The zero-order valence-electron chi connectivity index (χ0n) is 45.1. The number of carbonyl (C=O) groups is 1. The van der Waals surface area contributed by atoms with Gasteiger partial charge < -0.3 is 40.3 Å². The van der Waals surface area contributed by atoms with E-state index in [0.29, 0.717) is 6.42 Å². The number of aliphatic hydroxyl groups is 5. The van der Waals surface area contributed by atoms with Crippen LogP contribution in [0.2, 0.25) is 0 Å². The molecule has 7 atom stereocenters. The summed E-state index contributed by atoms with van der Waals surface area (Å²) in [6.07, 6.45) is 58.0. The van der Waals surface area contributed by atoms with Crippen LogP contribution in [-0.2, 0) is 14.3 Å². The number of carbonyl (C=O) groups excluding carboxylic acids is 1. The molecule has 7 unspecified atom stereocenters. The van der Waals surface area contributed by atoms with Crippen molar-refractivity contribution >= 4 is 5.91 Å². The minimum absolute atomic E-state index is 0.174. The SMILES string of the molecule is CCCCCCCCCCC/C=C\C/C=C\CCCCCCCCCCCCCCCCCCCC(=O)NC(COC1OC(CO)C(O)C(O)C1O)C(O)/C=C/CCCCCCCCCCCCC. The normalized spacial score (nSPS) is 19.7. The van der Waals surface area contributed by atoms with Gasteiger partial charge in [-0.3, -0.25) is 4.79 Å². The molecule has 1 saturated heterocycles. The van der Waals surface area contributed by atoms with Crippen molar-refractivity contribution in [2.45, 2.75) is 326 Å². The summed E-state index contributed by atoms with van der Waals surface area (Å²) in [5.41, 5.74) is 0. The minimum atomic E-state index is -1.56. The number of rotatable bonds is 51. The van der Waals surface area contributed by atoms with Gasteiger partial charge in [-0.1, -0.05) is 262 Å². The van der Waals surface area contributed by atoms with Gasteiger partial charge in [0.2, 0.25) is 5.91 Å². The molecule has 1 rings (SSSR count). The third-order valence-corrected chi connectivity index (χ3v) is 14.2. The fourth-order valence-corrected chi connectivity index (χ4v) is 9.48. The van der Waals surface area contributed by atoms with Crippen LogP contribution >= 0.6 is 0 Å². The Morgan fingerprint density at radius 2 is 0.855 bits per heavy atom. The molecule has 0 saturated carbocycles. The fraction of sp³-hybridized carbons (Fsp3) is 0.883. The van der Waals surface area contributed by atoms with Crippen LogP contribution in [0.15, 0.2) is 36.5 Å². The number of ether oxygens (including phenoxy) is 2. The molecule has 0 aromatic heterocycles. The summed E-state index contributed by atoms with van der Waals surface area (Å²) in [6, 6.07) is -0.803. The first-order valence-corrected chi connectivity index (χ1v) is 29.7. The van der Waals surface area contributed by atoms with Crippen LogP contribution in [0.5, 0.6) is 0 Å². The van der Waals surface area contributed by atoms with Crippen LogP contribution in [0, 0.1) is 0 Å². The van der Waals surface area contributed by atoms with Crippen molar-refractivity contribution in [1.82, 2.24) is 5.32 Å². The highest BCUT2D eigenvalue weighted by atomic mass is 16.7. The van der Waals surface area contributed by atoms with E-state index in [2.05, 4.69) is 43.5 Å². The van der Waals surface area contributed by atoms with E-state index in [0.717, 1.165) is 44.9 Å². The zero-order chi connectivity index (χ0) is 50.1. The molecule has 0 aliphatic carbocycles. The first-order chi connectivity index (χ1) is 33.8. The summed E-state index contributed by atoms with van der Waals surface area (Å²) in [7, 11) is 0. The Morgan fingerprint density at radius 3 is 1.25 bits per heavy atom. The van der Waals surface area contributed by atoms with E-state index < -0.39 is 49.5 Å². The highest BCUT2D eigenvalue weighted by Gasteiger charge is 2.44. The molecule has 1 aliphatic heterocycles. The standard InChI is InChI=1S/C60H113NO8/c1-3-5-7-9-11-13-15-17-18-19-20-21-22-23-24-25-26-27-28-29-30-31-32-33-34-35-36-38-40-42-44-46-48-50-56(64)61-53(52-68-60-59(67)58(66)57(65)55(51-62)69-60)54(63)49-47-45-43-41-39-37-16-14-12-10-8-6-4-2/h20-21,23-24,47,49,53-55,57-60,62-63,65-67H,3-19,22,25-46,48,50-52H2,1-2H3,(H,61,64)/b21-20-,24-23-,49-47+. The number of hydrogen-bond acceptors (Lipinski definition) is 8. The number of amides is 1. The second kappa shape index (κ2) is 50.0. The molecular formula is C60H113NO8. The molecule has 0 aromatic carbocycles. The van der Waals surface area contributed by atoms with Crippen molar-refractivity contribution in [3.05, 3.63) is 36.5 Å². The van der Waals surface area contributed by atoms with Gasteiger partial charge >= 0.3 is 0 Å². The molecular weight excluding hydrogens is 863 g/mol. The molecule has 406 valence electrons. The fourth-order valence-electron chi connectivity index (χ4n) is 9.48. The molecule has 1 aliphatic rings. The molecule has 0 bridgehead atoms. The molecule has 0 aromatic rings. The first-order valence-electron chi connectivity index (χ1n) is 29.7. The molecule has 0 spiro atoms. The Labute approximate surface area is 425 Å². The second-order valence-electron chi connectivity index (χ2n) is 20.8. The molecule has 1 heterocycles. The predicted octanol–water partition coefficient (Wildman–Crippen LogP) is 14.7. The maximum absolute atomic E-state index is 13.0. The van der Waals surface area contributed by atoms with Gasteiger partial charge in [-0.25, -0.2) is 0 Å². The van der Waals surface area contributed by atoms with Gasteiger partial charge in [-0.15, -0.1) is 0 Å². The number of allylic oxidation sites excluding steroid dienone is 5. The van der Waals surface area contributed by atoms with Crippen LogP contribution in [0.4, 0.5) is 0 Å². The summed E-state index contributed by atoms with van der Waals surface area (Å²) in [5.74, 6) is -0.174. The zero-order valence-corrected chi connectivity index (χ0v) is 45.1. The Bertz CT molecular complexity index is 1180. The second-order valence-corrected chi connectivity index (χ2v) is 20.8. The summed E-state index contributed by atoms with van der Waals surface area (Å²) in [6.45, 7) is 3.79. The summed E-state index contributed by atoms with van der Waals surface area (Å²) in [4.78, 5) is 13.0. The van der Waals surface area contributed by atoms with E-state index in [-0.39, 0.29) is 12.5 Å². The van der Waals surface area contributed by atoms with E-state index >= 15 is 0 Å². The van der Waals surface area contributed by atoms with Gasteiger partial charge in [0.1, 0.15) is 24.4 Å². The van der Waals surface area contributed by atoms with Crippen LogP contribution in [0.1, 0.15) is 284 Å². The van der Waals surface area contributed by atoms with Crippen molar-refractivity contribution in [2.75, 3.05) is 13.2 Å². The van der Waals surface area contributed by atoms with E-state index in [1.165, 1.54) is 218 Å². The van der Waals surface area contributed by atoms with E-state index in [9.17, 15) is 30.3 Å². The molecule has 6 N–H and O–H groups in total. The lowest BCUT2D eigenvalue weighted by Crippen LogP contribution is -2.60. The average molecular weight is 977 g/mol. The Kier molecular flexibility index (Phi) is 47.4. The lowest BCUT2D eigenvalue weighted by atomic mass is 9.99. The van der Waals surface area contributed by atoms with Crippen LogP contribution in [-0.4, -0.2) is 87.5 Å². The monoisotopic (exact) mass is 976 g/mol. The van der Waals surface area contributed by atoms with Crippen LogP contribution in [0.25, 0.3) is 0 Å². The van der Waals surface area contributed by atoms with Crippen molar-refractivity contribution in [3.63, 3.8) is 0 Å². The minimum Gasteiger partial charge on any atom is -0.394 e. The molecule has 9 nitrogen and oxygen atoms in total. The molecule has 1 fully saturated rings. The van der Waals surface area contributed by atoms with Crippen molar-refractivity contribution in [1.29, 1.82) is 0 Å². The molecule has 69 heavy (non-hydrogen) atoms. The third-order valence-electron chi connectivity index (χ3n) is 14.2. The number of hydrogen-bond donors (Lipinski definition) is 6. The number of aliphatic hydroxyl groups excluding tert-OH is 5. The average Bonchev–Trinajstić information content (AvgIpc) is 3.35. The Balaban J connectivity index is 2.11. The van der Waals surface area contributed by atoms with Gasteiger partial charge in [0.05, 0.1) is 25.4 Å². The van der Waals surface area contributed by atoms with Crippen LogP contribution < -0.4 is 5.32 Å². The van der Waals surface area contributed by atoms with E-state index in [1.54, 1.807) is 6.08 Å². The summed E-state index contributed by atoms with van der Waals surface area (Å²) in [5, 5.41) is 54.4. The van der Waals surface area contributed by atoms with Crippen molar-refractivity contribution < 1.29 is 39.8 Å². The summed E-state index contributed by atoms with van der Waals surface area (Å²) < 4.78 is 11.3. The van der Waals surface area contributed by atoms with E-state index in [4.69, 9.17) is 9.47 Å². The molecule has 9 heteroatoms. The van der Waals surface area contributed by atoms with Crippen LogP contribution in [0.3, 0.4) is 0 Å². The van der Waals surface area contributed by atoms with Gasteiger partial charge in [-0.2, -0.15) is 0 Å². The third kappa shape index (κ3) is 39.6. The highest BCUT2D eigenvalue weighted by Crippen LogP contribution is 2.23. The maximum atomic E-state index is 13.0. The van der Waals surface area contributed by atoms with Crippen molar-refractivity contribution in [2.24, 2.45) is 0 Å². The predicted molar refractivity (Wildman–Crippen MR) is 290 cm³/mol. The Hall–Kier alpha value is -1.59. The first kappa shape index (κ1) is 65.4. The van der Waals surface area contributed by atoms with Gasteiger partial charge in [0.15, 0.2) is 6.29 Å². The molecule has 0 radical (unpaired) electrons. The van der Waals surface area contributed by atoms with Gasteiger partial charge in [-0.05, 0) is 51.4 Å². The van der Waals surface area contributed by atoms with E-state index in [1.807, 2.05) is 6.08 Å². The Morgan fingerprint density at radius 1 is 0.493 bits per heavy atom. The van der Waals surface area contributed by atoms with Gasteiger partial charge in [0.25, 0.3) is 0 Å². The molecule has 1 amide bonds. The van der Waals surface area contributed by atoms with Gasteiger partial charge in [0, 0.05) is 6.42 Å². The summed E-state index contributed by atoms with van der Waals surface area (Å²) >= 11 is 0. The number of nitrogens with one attached hydrogen (secondary N) is 1. The quantitative estimate of drug-likeness (QED) is 0.0261. The largest absolute Gasteiger partial charge is 0.394 e. The highest BCUT2D eigenvalue weighted by molar-refractivity contribution is 5.76. The number of unbranched alkanes of at least 4 members (excludes halogenated alkanes) is 37. The lowest BCUT2D eigenvalue weighted by Gasteiger charge is -2.40.